The molecule has 2 aliphatic rings. The van der Waals surface area contributed by atoms with E-state index in [2.05, 4.69) is 10.3 Å². The van der Waals surface area contributed by atoms with Crippen LogP contribution in [0.4, 0.5) is 0 Å². The molecule has 0 amide bonds. The van der Waals surface area contributed by atoms with Crippen molar-refractivity contribution < 1.29 is 19.2 Å². The van der Waals surface area contributed by atoms with E-state index in [9.17, 15) is 9.82 Å². The molecule has 0 radical (unpaired) electrons. The van der Waals surface area contributed by atoms with E-state index in [1.54, 1.807) is 18.0 Å². The summed E-state index contributed by atoms with van der Waals surface area (Å²) in [6, 6.07) is 13.1. The monoisotopic (exact) mass is 389 g/mol. The molecular weight excluding hydrogens is 369 g/mol. The standard InChI is InChI=1S/C21H20BN3O4/c1-28-16-6-4-15(5-7-16)25-13-19(23-24-25)20(26)12-14-3-8-17-18(11-14)22(27)29-21(17)9-2-10-21/h3-8,11,13,27H,2,9-10,12H2,1H3. The lowest BCUT2D eigenvalue weighted by atomic mass is 9.72. The average Bonchev–Trinajstić information content (AvgIpc) is 3.31. The lowest BCUT2D eigenvalue weighted by molar-refractivity contribution is -0.0152. The van der Waals surface area contributed by atoms with E-state index in [0.717, 1.165) is 47.3 Å². The number of methoxy groups -OCH3 is 1. The quantitative estimate of drug-likeness (QED) is 0.529. The van der Waals surface area contributed by atoms with Crippen LogP contribution >= 0.6 is 0 Å². The summed E-state index contributed by atoms with van der Waals surface area (Å²) in [6.45, 7) is 0. The summed E-state index contributed by atoms with van der Waals surface area (Å²) in [5.41, 5.74) is 3.43. The second-order valence-corrected chi connectivity index (χ2v) is 7.59. The van der Waals surface area contributed by atoms with Crippen molar-refractivity contribution in [3.05, 3.63) is 65.5 Å². The van der Waals surface area contributed by atoms with Crippen LogP contribution in [0.1, 0.15) is 40.9 Å². The number of aromatic nitrogens is 3. The number of hydrogen-bond donors (Lipinski definition) is 1. The number of carbonyl (C=O) groups excluding carboxylic acids is 1. The normalized spacial score (nSPS) is 16.6. The Morgan fingerprint density at radius 3 is 2.76 bits per heavy atom. The van der Waals surface area contributed by atoms with Gasteiger partial charge in [-0.25, -0.2) is 4.68 Å². The Hall–Kier alpha value is -2.97. The lowest BCUT2D eigenvalue weighted by Gasteiger charge is -2.39. The van der Waals surface area contributed by atoms with E-state index in [1.165, 1.54) is 0 Å². The zero-order valence-corrected chi connectivity index (χ0v) is 16.0. The van der Waals surface area contributed by atoms with E-state index >= 15 is 0 Å². The summed E-state index contributed by atoms with van der Waals surface area (Å²) in [6.07, 6.45) is 4.79. The summed E-state index contributed by atoms with van der Waals surface area (Å²) in [5.74, 6) is 0.619. The van der Waals surface area contributed by atoms with Crippen LogP contribution in [0.3, 0.4) is 0 Å². The first kappa shape index (κ1) is 18.1. The molecule has 1 saturated carbocycles. The number of hydrogen-bond acceptors (Lipinski definition) is 6. The first-order valence-corrected chi connectivity index (χ1v) is 9.67. The zero-order chi connectivity index (χ0) is 20.0. The summed E-state index contributed by atoms with van der Waals surface area (Å²) < 4.78 is 12.5. The van der Waals surface area contributed by atoms with Gasteiger partial charge in [-0.3, -0.25) is 4.79 Å². The van der Waals surface area contributed by atoms with Crippen LogP contribution in [0.5, 0.6) is 5.75 Å². The molecule has 8 heteroatoms. The molecule has 1 aliphatic carbocycles. The number of benzene rings is 2. The van der Waals surface area contributed by atoms with Crippen LogP contribution in [0.25, 0.3) is 5.69 Å². The number of ether oxygens (including phenoxy) is 1. The van der Waals surface area contributed by atoms with Crippen LogP contribution in [-0.2, 0) is 16.7 Å². The van der Waals surface area contributed by atoms with Crippen LogP contribution in [-0.4, -0.2) is 40.0 Å². The second-order valence-electron chi connectivity index (χ2n) is 7.59. The lowest BCUT2D eigenvalue weighted by Crippen LogP contribution is -2.35. The van der Waals surface area contributed by atoms with Crippen LogP contribution in [0.15, 0.2) is 48.7 Å². The Balaban J connectivity index is 1.33. The Morgan fingerprint density at radius 2 is 2.07 bits per heavy atom. The third-order valence-corrected chi connectivity index (χ3v) is 5.85. The molecule has 2 aromatic carbocycles. The largest absolute Gasteiger partial charge is 0.497 e. The van der Waals surface area contributed by atoms with Crippen LogP contribution in [0.2, 0.25) is 0 Å². The molecule has 0 saturated heterocycles. The fraction of sp³-hybridized carbons (Fsp3) is 0.286. The zero-order valence-electron chi connectivity index (χ0n) is 16.0. The fourth-order valence-corrected chi connectivity index (χ4v) is 4.10. The van der Waals surface area contributed by atoms with E-state index < -0.39 is 7.12 Å². The minimum Gasteiger partial charge on any atom is -0.497 e. The highest BCUT2D eigenvalue weighted by molar-refractivity contribution is 6.62. The number of nitrogens with zero attached hydrogens (tertiary/aromatic N) is 3. The molecule has 2 heterocycles. The van der Waals surface area contributed by atoms with Gasteiger partial charge in [0.1, 0.15) is 11.4 Å². The maximum absolute atomic E-state index is 12.7. The number of fused-ring (bicyclic) bond motifs is 2. The van der Waals surface area contributed by atoms with Crippen molar-refractivity contribution in [2.75, 3.05) is 7.11 Å². The molecule has 0 unspecified atom stereocenters. The molecule has 3 aromatic rings. The predicted octanol–water partition coefficient (Wildman–Crippen LogP) is 1.80. The maximum atomic E-state index is 12.7. The first-order chi connectivity index (χ1) is 14.1. The summed E-state index contributed by atoms with van der Waals surface area (Å²) in [7, 11) is 0.688. The molecule has 0 bridgehead atoms. The van der Waals surface area contributed by atoms with Gasteiger partial charge in [-0.2, -0.15) is 0 Å². The first-order valence-electron chi connectivity index (χ1n) is 9.67. The molecule has 1 fully saturated rings. The number of carbonyl (C=O) groups is 1. The second kappa shape index (κ2) is 6.82. The summed E-state index contributed by atoms with van der Waals surface area (Å²) >= 11 is 0. The van der Waals surface area contributed by atoms with Gasteiger partial charge >= 0.3 is 7.12 Å². The van der Waals surface area contributed by atoms with E-state index in [4.69, 9.17) is 9.39 Å². The Bertz CT molecular complexity index is 1080. The molecule has 5 rings (SSSR count). The molecule has 146 valence electrons. The van der Waals surface area contributed by atoms with Crippen molar-refractivity contribution in [3.63, 3.8) is 0 Å². The highest BCUT2D eigenvalue weighted by Gasteiger charge is 2.50. The van der Waals surface area contributed by atoms with Gasteiger partial charge in [-0.1, -0.05) is 23.4 Å². The Labute approximate surface area is 168 Å². The molecule has 7 nitrogen and oxygen atoms in total. The minimum absolute atomic E-state index is 0.128. The molecule has 29 heavy (non-hydrogen) atoms. The van der Waals surface area contributed by atoms with Gasteiger partial charge in [0.25, 0.3) is 0 Å². The van der Waals surface area contributed by atoms with Gasteiger partial charge in [-0.15, -0.1) is 5.10 Å². The minimum atomic E-state index is -0.920. The third kappa shape index (κ3) is 3.05. The van der Waals surface area contributed by atoms with Crippen molar-refractivity contribution in [2.24, 2.45) is 0 Å². The number of rotatable bonds is 5. The highest BCUT2D eigenvalue weighted by atomic mass is 16.5. The maximum Gasteiger partial charge on any atom is 0.492 e. The van der Waals surface area contributed by atoms with E-state index in [0.29, 0.717) is 5.69 Å². The van der Waals surface area contributed by atoms with Gasteiger partial charge in [0.15, 0.2) is 5.78 Å². The van der Waals surface area contributed by atoms with Gasteiger partial charge < -0.3 is 14.4 Å². The third-order valence-electron chi connectivity index (χ3n) is 5.85. The molecule has 1 aromatic heterocycles. The smallest absolute Gasteiger partial charge is 0.492 e. The molecule has 0 atom stereocenters. The van der Waals surface area contributed by atoms with E-state index in [1.807, 2.05) is 42.5 Å². The summed E-state index contributed by atoms with van der Waals surface area (Å²) in [5, 5.41) is 18.4. The van der Waals surface area contributed by atoms with Gasteiger partial charge in [0, 0.05) is 6.42 Å². The number of Topliss-reactive ketones (excluding diaryl/α,β-unsaturated/α-hetero) is 1. The predicted molar refractivity (Wildman–Crippen MR) is 107 cm³/mol. The molecular formula is C21H20BN3O4. The SMILES string of the molecule is COc1ccc(-n2cc(C(=O)Cc3ccc4c(c3)B(O)OC43CCC3)nn2)cc1. The highest BCUT2D eigenvalue weighted by Crippen LogP contribution is 2.47. The van der Waals surface area contributed by atoms with Gasteiger partial charge in [0.05, 0.1) is 24.6 Å². The van der Waals surface area contributed by atoms with Crippen molar-refractivity contribution in [2.45, 2.75) is 31.3 Å². The van der Waals surface area contributed by atoms with E-state index in [-0.39, 0.29) is 17.8 Å². The van der Waals surface area contributed by atoms with Crippen LogP contribution in [0, 0.1) is 0 Å². The van der Waals surface area contributed by atoms with Crippen molar-refractivity contribution >= 4 is 18.4 Å². The van der Waals surface area contributed by atoms with Gasteiger partial charge in [-0.05, 0) is 60.1 Å². The Morgan fingerprint density at radius 1 is 1.28 bits per heavy atom. The number of ketones is 1. The fourth-order valence-electron chi connectivity index (χ4n) is 4.10. The van der Waals surface area contributed by atoms with Crippen LogP contribution < -0.4 is 10.2 Å². The van der Waals surface area contributed by atoms with Crippen molar-refractivity contribution in [3.8, 4) is 11.4 Å². The summed E-state index contributed by atoms with van der Waals surface area (Å²) in [4.78, 5) is 12.7. The molecule has 1 spiro atoms. The Kier molecular flexibility index (Phi) is 4.26. The topological polar surface area (TPSA) is 86.5 Å². The van der Waals surface area contributed by atoms with Crippen molar-refractivity contribution in [1.82, 2.24) is 15.0 Å². The van der Waals surface area contributed by atoms with Crippen molar-refractivity contribution in [1.29, 1.82) is 0 Å². The van der Waals surface area contributed by atoms with Gasteiger partial charge in [0.2, 0.25) is 0 Å². The molecule has 1 aliphatic heterocycles. The molecule has 1 N–H and O–H groups in total. The average molecular weight is 389 g/mol.